The van der Waals surface area contributed by atoms with Gasteiger partial charge in [-0.3, -0.25) is 53.0 Å². The summed E-state index contributed by atoms with van der Waals surface area (Å²) >= 11 is 0. The molecule has 0 aliphatic carbocycles. The Morgan fingerprint density at radius 3 is 0.787 bits per heavy atom. The van der Waals surface area contributed by atoms with Crippen LogP contribution >= 0.6 is 0 Å². The SMILES string of the molecule is Cc1ccc(Oc2ccc(C(C)(C)c3ccc(Oc4ccc(N5C(=O)c6ccc(-c7ccc8c(c7)C(=O)N(C)C8=O)cc6C5=O)cc4)cc3)cc2)cc1.Cc1ccc(Oc2ccc(C(C)(C)c3ccc(Oc4ccc(N5C(=O)c6ccc(C(=O)c7ccc8c(c7)C(=O)N(C)C8=O)cc6C5=O)cc4)cc3)cc2)cc1. The van der Waals surface area contributed by atoms with Gasteiger partial charge in [0.25, 0.3) is 47.3 Å². The molecule has 0 radical (unpaired) electrons. The number of carbonyl (C=O) groups excluding carboxylic acids is 9. The number of ketones is 1. The van der Waals surface area contributed by atoms with Crippen molar-refractivity contribution in [3.8, 4) is 57.1 Å². The fourth-order valence-corrected chi connectivity index (χ4v) is 13.7. The van der Waals surface area contributed by atoms with Crippen LogP contribution in [-0.4, -0.2) is 76.9 Å². The van der Waals surface area contributed by atoms with E-state index < -0.39 is 41.2 Å². The van der Waals surface area contributed by atoms with Crippen LogP contribution < -0.4 is 28.7 Å². The van der Waals surface area contributed by atoms with Crippen molar-refractivity contribution in [2.24, 2.45) is 0 Å². The van der Waals surface area contributed by atoms with Gasteiger partial charge in [0.1, 0.15) is 46.0 Å². The molecule has 4 aliphatic heterocycles. The fourth-order valence-electron chi connectivity index (χ4n) is 13.7. The zero-order valence-electron chi connectivity index (χ0n) is 60.0. The molecule has 4 heterocycles. The van der Waals surface area contributed by atoms with Gasteiger partial charge in [0, 0.05) is 36.1 Å². The van der Waals surface area contributed by atoms with Crippen molar-refractivity contribution in [1.29, 1.82) is 0 Å². The largest absolute Gasteiger partial charge is 0.457 e. The third-order valence-electron chi connectivity index (χ3n) is 20.3. The normalized spacial score (nSPS) is 13.7. The van der Waals surface area contributed by atoms with Gasteiger partial charge >= 0.3 is 0 Å². The Balaban J connectivity index is 0.000000172. The van der Waals surface area contributed by atoms with Crippen LogP contribution in [0.25, 0.3) is 11.1 Å². The second kappa shape index (κ2) is 27.6. The molecule has 0 aromatic heterocycles. The maximum absolute atomic E-state index is 13.6. The van der Waals surface area contributed by atoms with Gasteiger partial charge in [-0.05, 0) is 217 Å². The molecule has 0 bridgehead atoms. The molecule has 530 valence electrons. The number of anilines is 2. The van der Waals surface area contributed by atoms with Crippen LogP contribution in [0.1, 0.15) is 160 Å². The number of hydrogen-bond donors (Lipinski definition) is 0. The summed E-state index contributed by atoms with van der Waals surface area (Å²) in [5, 5.41) is 0. The number of hydrogen-bond acceptors (Lipinski definition) is 13. The van der Waals surface area contributed by atoms with Crippen LogP contribution in [0.3, 0.4) is 0 Å². The zero-order chi connectivity index (χ0) is 75.6. The van der Waals surface area contributed by atoms with Crippen molar-refractivity contribution < 1.29 is 62.1 Å². The van der Waals surface area contributed by atoms with E-state index in [1.54, 1.807) is 84.9 Å². The van der Waals surface area contributed by atoms with Crippen molar-refractivity contribution in [3.63, 3.8) is 0 Å². The van der Waals surface area contributed by atoms with E-state index in [4.69, 9.17) is 18.9 Å². The van der Waals surface area contributed by atoms with Crippen molar-refractivity contribution in [3.05, 3.63) is 356 Å². The van der Waals surface area contributed by atoms with E-state index in [0.717, 1.165) is 64.9 Å². The van der Waals surface area contributed by atoms with E-state index in [0.29, 0.717) is 62.2 Å². The van der Waals surface area contributed by atoms with Gasteiger partial charge in [-0.25, -0.2) is 9.80 Å². The molecule has 0 saturated heterocycles. The first-order valence-electron chi connectivity index (χ1n) is 34.9. The summed E-state index contributed by atoms with van der Waals surface area (Å²) in [6, 6.07) is 80.1. The predicted molar refractivity (Wildman–Crippen MR) is 409 cm³/mol. The Bertz CT molecular complexity index is 5710. The zero-order valence-corrected chi connectivity index (χ0v) is 60.0. The van der Waals surface area contributed by atoms with E-state index in [1.807, 2.05) is 135 Å². The van der Waals surface area contributed by atoms with Crippen LogP contribution in [0, 0.1) is 13.8 Å². The molecule has 12 aromatic rings. The number of carbonyl (C=O) groups is 9. The Hall–Kier alpha value is -13.9. The lowest BCUT2D eigenvalue weighted by Crippen LogP contribution is -2.29. The van der Waals surface area contributed by atoms with E-state index in [2.05, 4.69) is 52.0 Å². The molecule has 17 heteroatoms. The molecule has 17 nitrogen and oxygen atoms in total. The van der Waals surface area contributed by atoms with Gasteiger partial charge in [0.05, 0.1) is 55.9 Å². The Kier molecular flexibility index (Phi) is 17.8. The van der Waals surface area contributed by atoms with E-state index >= 15 is 0 Å². The summed E-state index contributed by atoms with van der Waals surface area (Å²) in [5.41, 5.74) is 10.6. The van der Waals surface area contributed by atoms with E-state index in [1.165, 1.54) is 61.6 Å². The average Bonchev–Trinajstić information content (AvgIpc) is 1.61. The third kappa shape index (κ3) is 13.0. The molecule has 16 rings (SSSR count). The van der Waals surface area contributed by atoms with Crippen molar-refractivity contribution in [1.82, 2.24) is 9.80 Å². The maximum Gasteiger partial charge on any atom is 0.266 e. The summed E-state index contributed by atoms with van der Waals surface area (Å²) in [5.74, 6) is 1.45. The van der Waals surface area contributed by atoms with Gasteiger partial charge in [-0.1, -0.05) is 136 Å². The molecular formula is C91H68N4O13. The monoisotopic (exact) mass is 1420 g/mol. The van der Waals surface area contributed by atoms with Crippen molar-refractivity contribution in [2.45, 2.75) is 52.4 Å². The highest BCUT2D eigenvalue weighted by atomic mass is 16.5. The number of benzene rings is 12. The number of fused-ring (bicyclic) bond motifs is 4. The van der Waals surface area contributed by atoms with Crippen LogP contribution in [0.2, 0.25) is 0 Å². The van der Waals surface area contributed by atoms with Crippen molar-refractivity contribution in [2.75, 3.05) is 23.9 Å². The Labute approximate surface area is 622 Å². The number of nitrogens with zero attached hydrogens (tertiary/aromatic N) is 4. The molecule has 0 fully saturated rings. The topological polar surface area (TPSA) is 204 Å². The minimum absolute atomic E-state index is 0.0952. The smallest absolute Gasteiger partial charge is 0.266 e. The molecule has 108 heavy (non-hydrogen) atoms. The lowest BCUT2D eigenvalue weighted by atomic mass is 9.78. The van der Waals surface area contributed by atoms with Gasteiger partial charge < -0.3 is 18.9 Å². The van der Waals surface area contributed by atoms with E-state index in [9.17, 15) is 43.2 Å². The standard InChI is InChI=1S/C46H34N2O7.C45H34N2O6/c1-27-5-15-33(16-6-27)54-34-17-9-30(10-18-34)46(2,3)31-11-19-35(20-12-31)55-36-21-13-32(14-22-36)48-44(52)38-24-8-29(26-40(38)45(48)53)41(49)28-7-23-37-39(25-28)43(51)47(4)42(37)50;1-27-5-15-33(16-6-27)52-34-17-9-30(10-18-34)45(2,3)31-11-19-35(20-12-31)53-36-21-13-32(14-22-36)47-43(50)38-24-8-29(26-40(38)44(47)51)28-7-23-37-39(25-28)42(49)46(4)41(37)48/h5-26H,1-4H3;5-26H,1-4H3. The molecule has 4 aliphatic rings. The van der Waals surface area contributed by atoms with Gasteiger partial charge in [0.2, 0.25) is 0 Å². The first-order valence-corrected chi connectivity index (χ1v) is 34.9. The minimum atomic E-state index is -0.564. The molecular weight excluding hydrogens is 1360 g/mol. The number of rotatable bonds is 17. The highest BCUT2D eigenvalue weighted by Crippen LogP contribution is 2.41. The second-order valence-corrected chi connectivity index (χ2v) is 28.0. The fraction of sp³-hybridized carbons (Fsp3) is 0.110. The van der Waals surface area contributed by atoms with Crippen LogP contribution in [0.15, 0.2) is 267 Å². The average molecular weight is 1430 g/mol. The number of aryl methyl sites for hydroxylation is 2. The molecule has 0 unspecified atom stereocenters. The summed E-state index contributed by atoms with van der Waals surface area (Å²) in [7, 11) is 2.83. The predicted octanol–water partition coefficient (Wildman–Crippen LogP) is 18.8. The van der Waals surface area contributed by atoms with Crippen LogP contribution in [0.4, 0.5) is 11.4 Å². The summed E-state index contributed by atoms with van der Waals surface area (Å²) in [6.07, 6.45) is 0. The van der Waals surface area contributed by atoms with Gasteiger partial charge in [-0.2, -0.15) is 0 Å². The highest BCUT2D eigenvalue weighted by molar-refractivity contribution is 6.36. The second-order valence-electron chi connectivity index (χ2n) is 28.0. The number of imide groups is 4. The molecule has 0 N–H and O–H groups in total. The minimum Gasteiger partial charge on any atom is -0.457 e. The first kappa shape index (κ1) is 69.8. The van der Waals surface area contributed by atoms with Crippen LogP contribution in [0.5, 0.6) is 46.0 Å². The number of amides is 8. The quantitative estimate of drug-likeness (QED) is 0.0616. The van der Waals surface area contributed by atoms with Crippen LogP contribution in [-0.2, 0) is 10.8 Å². The molecule has 0 atom stereocenters. The first-order chi connectivity index (χ1) is 51.9. The Morgan fingerprint density at radius 1 is 0.259 bits per heavy atom. The van der Waals surface area contributed by atoms with Crippen molar-refractivity contribution >= 4 is 64.4 Å². The lowest BCUT2D eigenvalue weighted by Gasteiger charge is -2.26. The summed E-state index contributed by atoms with van der Waals surface area (Å²) in [6.45, 7) is 12.8. The Morgan fingerprint density at radius 2 is 0.481 bits per heavy atom. The third-order valence-corrected chi connectivity index (χ3v) is 20.3. The summed E-state index contributed by atoms with van der Waals surface area (Å²) < 4.78 is 24.3. The molecule has 0 saturated carbocycles. The van der Waals surface area contributed by atoms with E-state index in [-0.39, 0.29) is 61.6 Å². The molecule has 8 amide bonds. The summed E-state index contributed by atoms with van der Waals surface area (Å²) in [4.78, 5) is 121. The highest BCUT2D eigenvalue weighted by Gasteiger charge is 2.40. The maximum atomic E-state index is 13.6. The number of ether oxygens (including phenoxy) is 4. The molecule has 0 spiro atoms. The van der Waals surface area contributed by atoms with Gasteiger partial charge in [-0.15, -0.1) is 0 Å². The lowest BCUT2D eigenvalue weighted by molar-refractivity contribution is 0.0677. The molecule has 12 aromatic carbocycles. The van der Waals surface area contributed by atoms with Gasteiger partial charge in [0.15, 0.2) is 5.78 Å².